The van der Waals surface area contributed by atoms with Crippen LogP contribution in [0.4, 0.5) is 11.4 Å². The summed E-state index contributed by atoms with van der Waals surface area (Å²) in [4.78, 5) is 29.2. The lowest BCUT2D eigenvalue weighted by molar-refractivity contribution is -0.113. The minimum atomic E-state index is -3.77. The summed E-state index contributed by atoms with van der Waals surface area (Å²) in [5.74, 6) is 0.284. The second-order valence-electron chi connectivity index (χ2n) is 6.57. The van der Waals surface area contributed by atoms with Crippen LogP contribution in [0.15, 0.2) is 57.2 Å². The first kappa shape index (κ1) is 19.5. The van der Waals surface area contributed by atoms with Crippen molar-refractivity contribution in [3.8, 4) is 0 Å². The SMILES string of the molecule is O=C1CSc2ccc(C(=O)Nc3cccc(S(=O)(=O)NC4=NCCC4)c3)cc2N1. The van der Waals surface area contributed by atoms with E-state index in [4.69, 9.17) is 0 Å². The lowest BCUT2D eigenvalue weighted by Crippen LogP contribution is -2.29. The number of hydrogen-bond donors (Lipinski definition) is 3. The third-order valence-electron chi connectivity index (χ3n) is 4.40. The molecule has 0 aliphatic carbocycles. The van der Waals surface area contributed by atoms with Crippen molar-refractivity contribution in [1.82, 2.24) is 4.72 Å². The molecule has 0 aromatic heterocycles. The highest BCUT2D eigenvalue weighted by atomic mass is 32.2. The van der Waals surface area contributed by atoms with Gasteiger partial charge in [0.2, 0.25) is 5.91 Å². The molecule has 0 saturated heterocycles. The van der Waals surface area contributed by atoms with Gasteiger partial charge in [-0.15, -0.1) is 11.8 Å². The highest BCUT2D eigenvalue weighted by molar-refractivity contribution is 8.00. The summed E-state index contributed by atoms with van der Waals surface area (Å²) in [6, 6.07) is 11.1. The molecule has 3 N–H and O–H groups in total. The number of hydrogen-bond acceptors (Lipinski definition) is 6. The highest BCUT2D eigenvalue weighted by Gasteiger charge is 2.20. The Hall–Kier alpha value is -2.85. The zero-order valence-electron chi connectivity index (χ0n) is 15.3. The van der Waals surface area contributed by atoms with Crippen LogP contribution in [0.2, 0.25) is 0 Å². The molecule has 0 bridgehead atoms. The molecule has 10 heteroatoms. The summed E-state index contributed by atoms with van der Waals surface area (Å²) in [6.45, 7) is 0.619. The number of sulfonamides is 1. The third kappa shape index (κ3) is 4.43. The number of rotatable bonds is 4. The van der Waals surface area contributed by atoms with Gasteiger partial charge < -0.3 is 10.6 Å². The molecule has 0 saturated carbocycles. The number of anilines is 2. The fourth-order valence-corrected chi connectivity index (χ4v) is 4.93. The number of fused-ring (bicyclic) bond motifs is 1. The van der Waals surface area contributed by atoms with Crippen LogP contribution in [0.3, 0.4) is 0 Å². The Labute approximate surface area is 172 Å². The number of nitrogens with one attached hydrogen (secondary N) is 3. The summed E-state index contributed by atoms with van der Waals surface area (Å²) in [5.41, 5.74) is 1.30. The smallest absolute Gasteiger partial charge is 0.262 e. The average Bonchev–Trinajstić information content (AvgIpc) is 3.20. The normalized spacial score (nSPS) is 15.9. The number of carbonyl (C=O) groups is 2. The second-order valence-corrected chi connectivity index (χ2v) is 9.27. The van der Waals surface area contributed by atoms with E-state index in [1.807, 2.05) is 0 Å². The maximum Gasteiger partial charge on any atom is 0.262 e. The van der Waals surface area contributed by atoms with Crippen molar-refractivity contribution in [2.45, 2.75) is 22.6 Å². The molecule has 150 valence electrons. The van der Waals surface area contributed by atoms with Gasteiger partial charge in [-0.3, -0.25) is 19.3 Å². The number of amidine groups is 1. The quantitative estimate of drug-likeness (QED) is 0.689. The molecule has 0 radical (unpaired) electrons. The number of carbonyl (C=O) groups excluding carboxylic acids is 2. The first-order valence-electron chi connectivity index (χ1n) is 8.95. The van der Waals surface area contributed by atoms with Crippen LogP contribution in [0, 0.1) is 0 Å². The van der Waals surface area contributed by atoms with Crippen LogP contribution in [0.1, 0.15) is 23.2 Å². The van der Waals surface area contributed by atoms with Crippen LogP contribution < -0.4 is 15.4 Å². The minimum Gasteiger partial charge on any atom is -0.324 e. The van der Waals surface area contributed by atoms with Crippen LogP contribution in [-0.4, -0.2) is 38.4 Å². The lowest BCUT2D eigenvalue weighted by Gasteiger charge is -2.17. The molecule has 0 spiro atoms. The van der Waals surface area contributed by atoms with Crippen molar-refractivity contribution in [3.05, 3.63) is 48.0 Å². The van der Waals surface area contributed by atoms with Gasteiger partial charge in [0.1, 0.15) is 5.84 Å². The third-order valence-corrected chi connectivity index (χ3v) is 6.86. The van der Waals surface area contributed by atoms with Crippen molar-refractivity contribution in [2.75, 3.05) is 22.9 Å². The van der Waals surface area contributed by atoms with Gasteiger partial charge in [0.15, 0.2) is 0 Å². The Morgan fingerprint density at radius 2 is 2.03 bits per heavy atom. The lowest BCUT2D eigenvalue weighted by atomic mass is 10.1. The first-order valence-corrected chi connectivity index (χ1v) is 11.4. The Kier molecular flexibility index (Phi) is 5.29. The predicted molar refractivity (Wildman–Crippen MR) is 112 cm³/mol. The molecule has 2 heterocycles. The Morgan fingerprint density at radius 1 is 1.17 bits per heavy atom. The van der Waals surface area contributed by atoms with Gasteiger partial charge in [0.25, 0.3) is 15.9 Å². The Balaban J connectivity index is 1.51. The van der Waals surface area contributed by atoms with Crippen LogP contribution in [0.5, 0.6) is 0 Å². The Morgan fingerprint density at radius 3 is 2.83 bits per heavy atom. The summed E-state index contributed by atoms with van der Waals surface area (Å²) in [6.07, 6.45) is 1.43. The van der Waals surface area contributed by atoms with E-state index < -0.39 is 15.9 Å². The number of aliphatic imine (C=N–C) groups is 1. The van der Waals surface area contributed by atoms with Gasteiger partial charge >= 0.3 is 0 Å². The summed E-state index contributed by atoms with van der Waals surface area (Å²) in [7, 11) is -3.77. The van der Waals surface area contributed by atoms with Crippen molar-refractivity contribution in [2.24, 2.45) is 4.99 Å². The number of thioether (sulfide) groups is 1. The molecular weight excluding hydrogens is 412 g/mol. The molecule has 0 unspecified atom stereocenters. The molecule has 2 aromatic carbocycles. The van der Waals surface area contributed by atoms with E-state index in [9.17, 15) is 18.0 Å². The van der Waals surface area contributed by atoms with Crippen LogP contribution >= 0.6 is 11.8 Å². The van der Waals surface area contributed by atoms with E-state index in [1.54, 1.807) is 30.3 Å². The maximum absolute atomic E-state index is 12.6. The van der Waals surface area contributed by atoms with Gasteiger partial charge in [-0.25, -0.2) is 8.42 Å². The van der Waals surface area contributed by atoms with Crippen molar-refractivity contribution in [3.63, 3.8) is 0 Å². The summed E-state index contributed by atoms with van der Waals surface area (Å²) < 4.78 is 27.6. The van der Waals surface area contributed by atoms with Crippen LogP contribution in [0.25, 0.3) is 0 Å². The van der Waals surface area contributed by atoms with E-state index in [2.05, 4.69) is 20.3 Å². The molecule has 0 fully saturated rings. The molecule has 2 aromatic rings. The fourth-order valence-electron chi connectivity index (χ4n) is 3.01. The number of benzene rings is 2. The van der Waals surface area contributed by atoms with Crippen molar-refractivity contribution >= 4 is 50.8 Å². The number of nitrogens with zero attached hydrogens (tertiary/aromatic N) is 1. The van der Waals surface area contributed by atoms with Crippen LogP contribution in [-0.2, 0) is 14.8 Å². The van der Waals surface area contributed by atoms with E-state index in [0.29, 0.717) is 41.5 Å². The molecule has 2 aliphatic heterocycles. The molecule has 4 rings (SSSR count). The topological polar surface area (TPSA) is 117 Å². The predicted octanol–water partition coefficient (Wildman–Crippen LogP) is 2.45. The van der Waals surface area contributed by atoms with E-state index in [1.165, 1.54) is 23.9 Å². The molecule has 2 aliphatic rings. The molecule has 8 nitrogen and oxygen atoms in total. The molecule has 2 amide bonds. The van der Waals surface area contributed by atoms with Gasteiger partial charge in [-0.1, -0.05) is 6.07 Å². The average molecular weight is 431 g/mol. The fraction of sp³-hybridized carbons (Fsp3) is 0.211. The van der Waals surface area contributed by atoms with Gasteiger partial charge in [0, 0.05) is 29.1 Å². The monoisotopic (exact) mass is 430 g/mol. The molecule has 0 atom stereocenters. The number of amides is 2. The zero-order chi connectivity index (χ0) is 20.4. The highest BCUT2D eigenvalue weighted by Crippen LogP contribution is 2.32. The summed E-state index contributed by atoms with van der Waals surface area (Å²) in [5, 5.41) is 5.45. The zero-order valence-corrected chi connectivity index (χ0v) is 16.9. The van der Waals surface area contributed by atoms with Gasteiger partial charge in [-0.05, 0) is 42.8 Å². The molecule has 29 heavy (non-hydrogen) atoms. The second kappa shape index (κ2) is 7.88. The van der Waals surface area contributed by atoms with Crippen molar-refractivity contribution < 1.29 is 18.0 Å². The standard InChI is InChI=1S/C19H18N4O4S2/c24-18-11-28-16-7-6-12(9-15(16)22-18)19(25)21-13-3-1-4-14(10-13)29(26,27)23-17-5-2-8-20-17/h1,3-4,6-7,9-10H,2,5,8,11H2,(H,20,23)(H,21,25)(H,22,24). The first-order chi connectivity index (χ1) is 13.9. The largest absolute Gasteiger partial charge is 0.324 e. The minimum absolute atomic E-state index is 0.0407. The van der Waals surface area contributed by atoms with E-state index in [0.717, 1.165) is 11.3 Å². The van der Waals surface area contributed by atoms with Gasteiger partial charge in [-0.2, -0.15) is 0 Å². The van der Waals surface area contributed by atoms with E-state index in [-0.39, 0.29) is 10.8 Å². The van der Waals surface area contributed by atoms with E-state index >= 15 is 0 Å². The maximum atomic E-state index is 12.6. The molecular formula is C19H18N4O4S2. The van der Waals surface area contributed by atoms with Crippen molar-refractivity contribution in [1.29, 1.82) is 0 Å². The summed E-state index contributed by atoms with van der Waals surface area (Å²) >= 11 is 1.41. The van der Waals surface area contributed by atoms with Gasteiger partial charge in [0.05, 0.1) is 16.3 Å². The Bertz CT molecular complexity index is 1130.